The molecule has 1 aromatic rings. The van der Waals surface area contributed by atoms with E-state index in [9.17, 15) is 0 Å². The molecule has 2 heterocycles. The monoisotopic (exact) mass is 209 g/mol. The Hall–Kier alpha value is -0.870. The van der Waals surface area contributed by atoms with E-state index < -0.39 is 0 Å². The van der Waals surface area contributed by atoms with Crippen LogP contribution in [0, 0.1) is 0 Å². The zero-order chi connectivity index (χ0) is 10.9. The Bertz CT molecular complexity index is 336. The van der Waals surface area contributed by atoms with Gasteiger partial charge in [-0.05, 0) is 26.3 Å². The highest BCUT2D eigenvalue weighted by Gasteiger charge is 2.36. The number of ether oxygens (including phenoxy) is 1. The molecule has 0 saturated carbocycles. The van der Waals surface area contributed by atoms with Gasteiger partial charge in [-0.15, -0.1) is 0 Å². The first-order valence-corrected chi connectivity index (χ1v) is 5.45. The van der Waals surface area contributed by atoms with Crippen LogP contribution in [0.15, 0.2) is 12.3 Å². The SMILES string of the molecule is CC1OCCC1(C)NCc1ccnn1C. The second kappa shape index (κ2) is 3.94. The van der Waals surface area contributed by atoms with Crippen LogP contribution >= 0.6 is 0 Å². The lowest BCUT2D eigenvalue weighted by molar-refractivity contribution is 0.0879. The first kappa shape index (κ1) is 10.6. The Labute approximate surface area is 90.6 Å². The zero-order valence-electron chi connectivity index (χ0n) is 9.66. The van der Waals surface area contributed by atoms with Crippen LogP contribution in [0.3, 0.4) is 0 Å². The molecule has 4 heteroatoms. The van der Waals surface area contributed by atoms with Gasteiger partial charge in [-0.1, -0.05) is 0 Å². The Morgan fingerprint density at radius 3 is 3.07 bits per heavy atom. The minimum Gasteiger partial charge on any atom is -0.377 e. The van der Waals surface area contributed by atoms with Gasteiger partial charge in [0.1, 0.15) is 0 Å². The molecule has 1 N–H and O–H groups in total. The maximum absolute atomic E-state index is 5.58. The number of rotatable bonds is 3. The number of nitrogens with one attached hydrogen (secondary N) is 1. The van der Waals surface area contributed by atoms with E-state index in [1.54, 1.807) is 0 Å². The molecule has 84 valence electrons. The molecular weight excluding hydrogens is 190 g/mol. The lowest BCUT2D eigenvalue weighted by Gasteiger charge is -2.29. The van der Waals surface area contributed by atoms with Crippen LogP contribution in [0.5, 0.6) is 0 Å². The first-order chi connectivity index (χ1) is 7.12. The Morgan fingerprint density at radius 2 is 2.53 bits per heavy atom. The molecule has 1 saturated heterocycles. The fourth-order valence-corrected chi connectivity index (χ4v) is 1.93. The van der Waals surface area contributed by atoms with Crippen molar-refractivity contribution in [3.63, 3.8) is 0 Å². The normalized spacial score (nSPS) is 31.0. The third kappa shape index (κ3) is 2.06. The highest BCUT2D eigenvalue weighted by atomic mass is 16.5. The predicted molar refractivity (Wildman–Crippen MR) is 58.5 cm³/mol. The van der Waals surface area contributed by atoms with Gasteiger partial charge in [0, 0.05) is 31.9 Å². The maximum Gasteiger partial charge on any atom is 0.0726 e. The lowest BCUT2D eigenvalue weighted by Crippen LogP contribution is -2.47. The third-order valence-electron chi connectivity index (χ3n) is 3.48. The van der Waals surface area contributed by atoms with Crippen molar-refractivity contribution in [1.82, 2.24) is 15.1 Å². The molecule has 2 atom stereocenters. The number of aryl methyl sites for hydroxylation is 1. The van der Waals surface area contributed by atoms with Crippen molar-refractivity contribution in [3.05, 3.63) is 18.0 Å². The molecule has 1 aliphatic rings. The molecule has 0 aromatic carbocycles. The van der Waals surface area contributed by atoms with Crippen LogP contribution in [-0.4, -0.2) is 28.0 Å². The average Bonchev–Trinajstić information content (AvgIpc) is 2.73. The molecular formula is C11H19N3O. The van der Waals surface area contributed by atoms with Crippen molar-refractivity contribution in [1.29, 1.82) is 0 Å². The maximum atomic E-state index is 5.58. The quantitative estimate of drug-likeness (QED) is 0.809. The van der Waals surface area contributed by atoms with Crippen molar-refractivity contribution >= 4 is 0 Å². The lowest BCUT2D eigenvalue weighted by atomic mass is 9.94. The molecule has 15 heavy (non-hydrogen) atoms. The molecule has 2 unspecified atom stereocenters. The molecule has 0 radical (unpaired) electrons. The van der Waals surface area contributed by atoms with E-state index in [2.05, 4.69) is 24.3 Å². The van der Waals surface area contributed by atoms with Crippen molar-refractivity contribution in [2.45, 2.75) is 38.5 Å². The number of hydrogen-bond acceptors (Lipinski definition) is 3. The molecule has 0 aliphatic carbocycles. The van der Waals surface area contributed by atoms with Crippen LogP contribution in [-0.2, 0) is 18.3 Å². The van der Waals surface area contributed by atoms with E-state index in [-0.39, 0.29) is 11.6 Å². The Balaban J connectivity index is 1.96. The van der Waals surface area contributed by atoms with E-state index >= 15 is 0 Å². The van der Waals surface area contributed by atoms with Gasteiger partial charge in [0.15, 0.2) is 0 Å². The molecule has 1 aliphatic heterocycles. The van der Waals surface area contributed by atoms with Crippen LogP contribution in [0.25, 0.3) is 0 Å². The molecule has 4 nitrogen and oxygen atoms in total. The summed E-state index contributed by atoms with van der Waals surface area (Å²) in [6.07, 6.45) is 3.19. The summed E-state index contributed by atoms with van der Waals surface area (Å²) >= 11 is 0. The summed E-state index contributed by atoms with van der Waals surface area (Å²) in [5.74, 6) is 0. The highest BCUT2D eigenvalue weighted by Crippen LogP contribution is 2.25. The minimum atomic E-state index is 0.101. The van der Waals surface area contributed by atoms with E-state index in [1.807, 2.05) is 24.0 Å². The van der Waals surface area contributed by atoms with Gasteiger partial charge in [-0.3, -0.25) is 4.68 Å². The second-order valence-corrected chi connectivity index (χ2v) is 4.48. The van der Waals surface area contributed by atoms with Gasteiger partial charge < -0.3 is 10.1 Å². The second-order valence-electron chi connectivity index (χ2n) is 4.48. The van der Waals surface area contributed by atoms with Gasteiger partial charge >= 0.3 is 0 Å². The number of nitrogens with zero attached hydrogens (tertiary/aromatic N) is 2. The summed E-state index contributed by atoms with van der Waals surface area (Å²) in [6.45, 7) is 6.06. The summed E-state index contributed by atoms with van der Waals surface area (Å²) in [7, 11) is 1.97. The van der Waals surface area contributed by atoms with Crippen molar-refractivity contribution in [2.75, 3.05) is 6.61 Å². The van der Waals surface area contributed by atoms with Crippen molar-refractivity contribution < 1.29 is 4.74 Å². The fraction of sp³-hybridized carbons (Fsp3) is 0.727. The first-order valence-electron chi connectivity index (χ1n) is 5.45. The van der Waals surface area contributed by atoms with Crippen molar-refractivity contribution in [2.24, 2.45) is 7.05 Å². The van der Waals surface area contributed by atoms with E-state index in [1.165, 1.54) is 5.69 Å². The fourth-order valence-electron chi connectivity index (χ4n) is 1.93. The molecule has 2 rings (SSSR count). The Morgan fingerprint density at radius 1 is 1.73 bits per heavy atom. The van der Waals surface area contributed by atoms with Crippen LogP contribution in [0.1, 0.15) is 26.0 Å². The summed E-state index contributed by atoms with van der Waals surface area (Å²) in [6, 6.07) is 2.04. The number of aromatic nitrogens is 2. The summed E-state index contributed by atoms with van der Waals surface area (Å²) in [5.41, 5.74) is 1.31. The molecule has 1 fully saturated rings. The van der Waals surface area contributed by atoms with Gasteiger partial charge in [0.2, 0.25) is 0 Å². The average molecular weight is 209 g/mol. The van der Waals surface area contributed by atoms with Crippen LogP contribution in [0.4, 0.5) is 0 Å². The largest absolute Gasteiger partial charge is 0.377 e. The molecule has 0 spiro atoms. The van der Waals surface area contributed by atoms with E-state index in [4.69, 9.17) is 4.74 Å². The summed E-state index contributed by atoms with van der Waals surface area (Å²) < 4.78 is 7.48. The standard InChI is InChI=1S/C11H19N3O/c1-9-11(2,5-7-15-9)12-8-10-4-6-13-14(10)3/h4,6,9,12H,5,7-8H2,1-3H3. The van der Waals surface area contributed by atoms with Gasteiger partial charge in [0.05, 0.1) is 11.8 Å². The summed E-state index contributed by atoms with van der Waals surface area (Å²) in [4.78, 5) is 0. The molecule has 1 aromatic heterocycles. The van der Waals surface area contributed by atoms with Crippen LogP contribution in [0.2, 0.25) is 0 Å². The van der Waals surface area contributed by atoms with Gasteiger partial charge in [-0.25, -0.2) is 0 Å². The molecule has 0 amide bonds. The topological polar surface area (TPSA) is 39.1 Å². The van der Waals surface area contributed by atoms with Gasteiger partial charge in [0.25, 0.3) is 0 Å². The van der Waals surface area contributed by atoms with Crippen molar-refractivity contribution in [3.8, 4) is 0 Å². The van der Waals surface area contributed by atoms with Gasteiger partial charge in [-0.2, -0.15) is 5.10 Å². The zero-order valence-corrected chi connectivity index (χ0v) is 9.66. The highest BCUT2D eigenvalue weighted by molar-refractivity contribution is 5.02. The molecule has 0 bridgehead atoms. The predicted octanol–water partition coefficient (Wildman–Crippen LogP) is 1.08. The van der Waals surface area contributed by atoms with Crippen LogP contribution < -0.4 is 5.32 Å². The summed E-state index contributed by atoms with van der Waals surface area (Å²) in [5, 5.41) is 7.71. The van der Waals surface area contributed by atoms with E-state index in [0.717, 1.165) is 19.6 Å². The Kier molecular flexibility index (Phi) is 2.80. The smallest absolute Gasteiger partial charge is 0.0726 e. The third-order valence-corrected chi connectivity index (χ3v) is 3.48. The number of hydrogen-bond donors (Lipinski definition) is 1. The van der Waals surface area contributed by atoms with E-state index in [0.29, 0.717) is 0 Å². The minimum absolute atomic E-state index is 0.101.